The second-order valence-corrected chi connectivity index (χ2v) is 4.70. The van der Waals surface area contributed by atoms with Crippen LogP contribution in [0.15, 0.2) is 48.5 Å². The smallest absolute Gasteiger partial charge is 0.335 e. The molecule has 0 saturated carbocycles. The molecule has 0 heterocycles. The molecule has 0 bridgehead atoms. The lowest BCUT2D eigenvalue weighted by atomic mass is 10.0. The lowest BCUT2D eigenvalue weighted by Crippen LogP contribution is -2.17. The number of benzene rings is 2. The minimum absolute atomic E-state index is 0.0422. The van der Waals surface area contributed by atoms with Crippen LogP contribution in [0.1, 0.15) is 28.4 Å². The molecule has 4 nitrogen and oxygen atoms in total. The fourth-order valence-corrected chi connectivity index (χ4v) is 2.20. The summed E-state index contributed by atoms with van der Waals surface area (Å²) < 4.78 is 0. The zero-order chi connectivity index (χ0) is 15.2. The van der Waals surface area contributed by atoms with Gasteiger partial charge in [0.15, 0.2) is 0 Å². The Bertz CT molecular complexity index is 665. The van der Waals surface area contributed by atoms with Gasteiger partial charge in [-0.15, -0.1) is 0 Å². The Kier molecular flexibility index (Phi) is 4.72. The lowest BCUT2D eigenvalue weighted by Gasteiger charge is -2.10. The first-order valence-electron chi connectivity index (χ1n) is 6.80. The average Bonchev–Trinajstić information content (AvgIpc) is 2.48. The summed E-state index contributed by atoms with van der Waals surface area (Å²) in [4.78, 5) is 23.3. The van der Waals surface area contributed by atoms with Crippen molar-refractivity contribution in [3.63, 3.8) is 0 Å². The van der Waals surface area contributed by atoms with E-state index in [-0.39, 0.29) is 17.9 Å². The first-order chi connectivity index (χ1) is 10.1. The van der Waals surface area contributed by atoms with E-state index in [0.29, 0.717) is 5.56 Å². The minimum Gasteiger partial charge on any atom is -0.478 e. The molecule has 108 valence electrons. The molecule has 21 heavy (non-hydrogen) atoms. The molecule has 0 spiro atoms. The predicted molar refractivity (Wildman–Crippen MR) is 81.6 cm³/mol. The van der Waals surface area contributed by atoms with Crippen LogP contribution < -0.4 is 5.32 Å². The third-order valence-electron chi connectivity index (χ3n) is 3.27. The maximum Gasteiger partial charge on any atom is 0.335 e. The largest absolute Gasteiger partial charge is 0.478 e. The van der Waals surface area contributed by atoms with Gasteiger partial charge in [0.25, 0.3) is 0 Å². The Balaban J connectivity index is 2.14. The van der Waals surface area contributed by atoms with Gasteiger partial charge in [0.1, 0.15) is 0 Å². The molecule has 2 aromatic carbocycles. The van der Waals surface area contributed by atoms with Crippen LogP contribution in [-0.2, 0) is 17.6 Å². The zero-order valence-electron chi connectivity index (χ0n) is 11.8. The van der Waals surface area contributed by atoms with Crippen molar-refractivity contribution < 1.29 is 14.7 Å². The van der Waals surface area contributed by atoms with Crippen molar-refractivity contribution in [2.24, 2.45) is 0 Å². The van der Waals surface area contributed by atoms with Crippen LogP contribution in [0.25, 0.3) is 0 Å². The molecule has 0 aliphatic rings. The van der Waals surface area contributed by atoms with Crippen LogP contribution in [-0.4, -0.2) is 17.0 Å². The van der Waals surface area contributed by atoms with Crippen molar-refractivity contribution in [3.8, 4) is 0 Å². The van der Waals surface area contributed by atoms with Gasteiger partial charge in [-0.1, -0.05) is 43.3 Å². The van der Waals surface area contributed by atoms with Gasteiger partial charge in [-0.2, -0.15) is 0 Å². The van der Waals surface area contributed by atoms with Crippen LogP contribution in [0.5, 0.6) is 0 Å². The van der Waals surface area contributed by atoms with Gasteiger partial charge in [-0.25, -0.2) is 4.79 Å². The second kappa shape index (κ2) is 6.70. The number of rotatable bonds is 5. The number of anilines is 1. The summed E-state index contributed by atoms with van der Waals surface area (Å²) in [5, 5.41) is 12.0. The van der Waals surface area contributed by atoms with Gasteiger partial charge < -0.3 is 10.4 Å². The molecule has 0 aliphatic heterocycles. The van der Waals surface area contributed by atoms with E-state index in [9.17, 15) is 9.59 Å². The number of aromatic carboxylic acids is 1. The highest BCUT2D eigenvalue weighted by molar-refractivity contribution is 5.96. The van der Waals surface area contributed by atoms with Crippen molar-refractivity contribution in [3.05, 3.63) is 65.2 Å². The molecule has 2 N–H and O–H groups in total. The Labute approximate surface area is 123 Å². The third-order valence-corrected chi connectivity index (χ3v) is 3.27. The van der Waals surface area contributed by atoms with Gasteiger partial charge in [0, 0.05) is 5.69 Å². The summed E-state index contributed by atoms with van der Waals surface area (Å²) in [5.74, 6) is -1.24. The summed E-state index contributed by atoms with van der Waals surface area (Å²) in [6.07, 6.45) is 0.864. The molecule has 0 atom stereocenters. The topological polar surface area (TPSA) is 66.4 Å². The summed E-state index contributed by atoms with van der Waals surface area (Å²) in [5.41, 5.74) is 2.50. The van der Waals surface area contributed by atoms with E-state index in [0.717, 1.165) is 17.7 Å². The predicted octanol–water partition coefficient (Wildman–Crippen LogP) is 3.13. The number of nitrogens with one attached hydrogen (secondary N) is 1. The molecule has 4 heteroatoms. The lowest BCUT2D eigenvalue weighted by molar-refractivity contribution is -0.115. The highest BCUT2D eigenvalue weighted by Gasteiger charge is 2.13. The third kappa shape index (κ3) is 3.69. The highest BCUT2D eigenvalue weighted by atomic mass is 16.4. The monoisotopic (exact) mass is 283 g/mol. The molecule has 2 aromatic rings. The number of hydrogen-bond donors (Lipinski definition) is 2. The number of carbonyl (C=O) groups excluding carboxylic acids is 1. The molecule has 0 unspecified atom stereocenters. The molecule has 0 fully saturated rings. The van der Waals surface area contributed by atoms with E-state index in [4.69, 9.17) is 5.11 Å². The summed E-state index contributed by atoms with van der Waals surface area (Å²) in [6.45, 7) is 2.02. The quantitative estimate of drug-likeness (QED) is 0.886. The fourth-order valence-electron chi connectivity index (χ4n) is 2.20. The second-order valence-electron chi connectivity index (χ2n) is 4.70. The standard InChI is InChI=1S/C17H17NO3/c1-2-12-7-4-6-10-15(12)18-16(19)11-13-8-3-5-9-14(13)17(20)21/h3-10H,2,11H2,1H3,(H,18,19)(H,20,21). The fraction of sp³-hybridized carbons (Fsp3) is 0.176. The van der Waals surface area contributed by atoms with E-state index in [1.807, 2.05) is 31.2 Å². The van der Waals surface area contributed by atoms with Crippen LogP contribution in [0.2, 0.25) is 0 Å². The molecule has 1 amide bonds. The number of carbonyl (C=O) groups is 2. The molecule has 0 saturated heterocycles. The van der Waals surface area contributed by atoms with Crippen LogP contribution >= 0.6 is 0 Å². The number of para-hydroxylation sites is 1. The van der Waals surface area contributed by atoms with Crippen LogP contribution in [0.4, 0.5) is 5.69 Å². The number of amides is 1. The molecule has 0 radical (unpaired) electrons. The normalized spacial score (nSPS) is 10.1. The van der Waals surface area contributed by atoms with Crippen molar-refractivity contribution in [2.45, 2.75) is 19.8 Å². The van der Waals surface area contributed by atoms with E-state index in [1.54, 1.807) is 18.2 Å². The van der Waals surface area contributed by atoms with Crippen molar-refractivity contribution in [1.82, 2.24) is 0 Å². The van der Waals surface area contributed by atoms with E-state index in [1.165, 1.54) is 6.07 Å². The van der Waals surface area contributed by atoms with Gasteiger partial charge in [-0.3, -0.25) is 4.79 Å². The molecule has 2 rings (SSSR count). The Morgan fingerprint density at radius 2 is 1.62 bits per heavy atom. The van der Waals surface area contributed by atoms with E-state index < -0.39 is 5.97 Å². The maximum atomic E-state index is 12.1. The Morgan fingerprint density at radius 3 is 2.29 bits per heavy atom. The Hall–Kier alpha value is -2.62. The van der Waals surface area contributed by atoms with Gasteiger partial charge in [-0.05, 0) is 29.7 Å². The first-order valence-corrected chi connectivity index (χ1v) is 6.80. The van der Waals surface area contributed by atoms with Crippen molar-refractivity contribution in [2.75, 3.05) is 5.32 Å². The maximum absolute atomic E-state index is 12.1. The minimum atomic E-state index is -1.02. The van der Waals surface area contributed by atoms with Crippen LogP contribution in [0.3, 0.4) is 0 Å². The molecular weight excluding hydrogens is 266 g/mol. The average molecular weight is 283 g/mol. The molecule has 0 aromatic heterocycles. The van der Waals surface area contributed by atoms with E-state index >= 15 is 0 Å². The van der Waals surface area contributed by atoms with E-state index in [2.05, 4.69) is 5.32 Å². The van der Waals surface area contributed by atoms with Gasteiger partial charge in [0.2, 0.25) is 5.91 Å². The van der Waals surface area contributed by atoms with Gasteiger partial charge in [0.05, 0.1) is 12.0 Å². The zero-order valence-corrected chi connectivity index (χ0v) is 11.8. The van der Waals surface area contributed by atoms with Gasteiger partial charge >= 0.3 is 5.97 Å². The van der Waals surface area contributed by atoms with Crippen LogP contribution in [0, 0.1) is 0 Å². The SMILES string of the molecule is CCc1ccccc1NC(=O)Cc1ccccc1C(=O)O. The first kappa shape index (κ1) is 14.8. The number of carboxylic acid groups (broad SMARTS) is 1. The Morgan fingerprint density at radius 1 is 1.00 bits per heavy atom. The molecule has 0 aliphatic carbocycles. The summed E-state index contributed by atoms with van der Waals surface area (Å²) in [7, 11) is 0. The number of aryl methyl sites for hydroxylation is 1. The highest BCUT2D eigenvalue weighted by Crippen LogP contribution is 2.16. The van der Waals surface area contributed by atoms with Crippen molar-refractivity contribution in [1.29, 1.82) is 0 Å². The molecular formula is C17H17NO3. The summed E-state index contributed by atoms with van der Waals surface area (Å²) >= 11 is 0. The summed E-state index contributed by atoms with van der Waals surface area (Å²) in [6, 6.07) is 14.1. The number of carboxylic acids is 1. The number of hydrogen-bond acceptors (Lipinski definition) is 2. The van der Waals surface area contributed by atoms with Crippen molar-refractivity contribution >= 4 is 17.6 Å².